The Morgan fingerprint density at radius 3 is 2.54 bits per heavy atom. The second kappa shape index (κ2) is 3.30. The van der Waals surface area contributed by atoms with Gasteiger partial charge in [-0.15, -0.1) is 0 Å². The van der Waals surface area contributed by atoms with Crippen molar-refractivity contribution in [1.29, 1.82) is 0 Å². The molecule has 0 heterocycles. The predicted octanol–water partition coefficient (Wildman–Crippen LogP) is -0.857. The van der Waals surface area contributed by atoms with Crippen molar-refractivity contribution in [3.8, 4) is 0 Å². The predicted molar refractivity (Wildman–Crippen MR) is 46.2 cm³/mol. The van der Waals surface area contributed by atoms with E-state index in [2.05, 4.69) is 10.2 Å². The van der Waals surface area contributed by atoms with Gasteiger partial charge in [-0.25, -0.2) is 0 Å². The van der Waals surface area contributed by atoms with E-state index in [1.54, 1.807) is 0 Å². The first-order valence-electron chi connectivity index (χ1n) is 3.31. The van der Waals surface area contributed by atoms with E-state index in [1.165, 1.54) is 18.2 Å². The molecule has 1 aromatic carbocycles. The van der Waals surface area contributed by atoms with Crippen LogP contribution in [0, 0.1) is 0 Å². The number of nitrogens with two attached hydrogens (primary N) is 2. The number of benzene rings is 1. The van der Waals surface area contributed by atoms with Gasteiger partial charge in [0.2, 0.25) is 0 Å². The van der Waals surface area contributed by atoms with Crippen LogP contribution < -0.4 is 17.4 Å². The summed E-state index contributed by atoms with van der Waals surface area (Å²) in [5, 5.41) is 0. The molecule has 1 atom stereocenters. The number of anilines is 2. The largest absolute Gasteiger partial charge is 0.484 e. The van der Waals surface area contributed by atoms with Crippen LogP contribution in [0.4, 0.5) is 11.4 Å². The Hall–Kier alpha value is -1.15. The summed E-state index contributed by atoms with van der Waals surface area (Å²) in [6.45, 7) is 0. The van der Waals surface area contributed by atoms with E-state index in [0.29, 0.717) is 5.69 Å². The van der Waals surface area contributed by atoms with Crippen molar-refractivity contribution in [1.82, 2.24) is 0 Å². The molecule has 0 saturated carbocycles. The average Bonchev–Trinajstić information content (AvgIpc) is 2.09. The van der Waals surface area contributed by atoms with Gasteiger partial charge in [0.15, 0.2) is 0 Å². The molecule has 13 heavy (non-hydrogen) atoms. The molecular formula is C6H10N3O3S+2. The maximum atomic E-state index is 11.2. The topological polar surface area (TPSA) is 126 Å². The molecule has 71 valence electrons. The van der Waals surface area contributed by atoms with Gasteiger partial charge in [0.05, 0.1) is 14.5 Å². The molecule has 7 N–H and O–H groups in total. The molecule has 0 saturated heterocycles. The summed E-state index contributed by atoms with van der Waals surface area (Å²) in [4.78, 5) is -0.164. The van der Waals surface area contributed by atoms with Gasteiger partial charge in [0, 0.05) is 11.8 Å². The monoisotopic (exact) mass is 204 g/mol. The fourth-order valence-corrected chi connectivity index (χ4v) is 1.60. The molecule has 0 aliphatic rings. The number of hydrogen-bond donors (Lipinski definition) is 3. The molecule has 0 aromatic heterocycles. The first kappa shape index (κ1) is 9.93. The summed E-state index contributed by atoms with van der Waals surface area (Å²) < 4.78 is 26.4. The molecule has 0 aliphatic carbocycles. The van der Waals surface area contributed by atoms with Crippen molar-refractivity contribution in [3.63, 3.8) is 0 Å². The highest BCUT2D eigenvalue weighted by molar-refractivity contribution is 7.93. The van der Waals surface area contributed by atoms with Crippen LogP contribution >= 0.6 is 0 Å². The van der Waals surface area contributed by atoms with Crippen molar-refractivity contribution >= 4 is 21.9 Å². The Kier molecular flexibility index (Phi) is 2.52. The Morgan fingerprint density at radius 2 is 2.00 bits per heavy atom. The molecule has 1 unspecified atom stereocenters. The summed E-state index contributed by atoms with van der Waals surface area (Å²) in [5.41, 5.74) is 11.2. The van der Waals surface area contributed by atoms with Crippen LogP contribution in [0.3, 0.4) is 0 Å². The van der Waals surface area contributed by atoms with E-state index in [1.807, 2.05) is 0 Å². The lowest BCUT2D eigenvalue weighted by Gasteiger charge is -1.99. The van der Waals surface area contributed by atoms with Crippen molar-refractivity contribution in [2.24, 2.45) is 0 Å². The fraction of sp³-hybridized carbons (Fsp3) is 0. The fourth-order valence-electron chi connectivity index (χ4n) is 0.831. The zero-order chi connectivity index (χ0) is 10.1. The van der Waals surface area contributed by atoms with E-state index in [4.69, 9.17) is 11.5 Å². The molecule has 1 radical (unpaired) electrons. The molecular weight excluding hydrogens is 194 g/mol. The van der Waals surface area contributed by atoms with E-state index in [0.717, 1.165) is 0 Å². The number of rotatable bonds is 2. The highest BCUT2D eigenvalue weighted by Gasteiger charge is 2.39. The lowest BCUT2D eigenvalue weighted by Crippen LogP contribution is -2.52. The first-order valence-corrected chi connectivity index (χ1v) is 4.72. The maximum Gasteiger partial charge on any atom is 0.484 e. The van der Waals surface area contributed by atoms with Gasteiger partial charge in [-0.2, -0.15) is 5.90 Å². The Balaban J connectivity index is 3.29. The zero-order valence-electron chi connectivity index (χ0n) is 6.73. The lowest BCUT2D eigenvalue weighted by atomic mass is 10.3. The molecule has 1 aromatic rings. The minimum Gasteiger partial charge on any atom is -0.399 e. The van der Waals surface area contributed by atoms with Crippen molar-refractivity contribution in [3.05, 3.63) is 18.2 Å². The quantitative estimate of drug-likeness (QED) is 0.329. The Bertz CT molecular complexity index is 368. The second-order valence-electron chi connectivity index (χ2n) is 2.37. The van der Waals surface area contributed by atoms with Crippen LogP contribution in [0.15, 0.2) is 23.1 Å². The summed E-state index contributed by atoms with van der Waals surface area (Å²) in [6.07, 6.45) is 0. The third kappa shape index (κ3) is 1.95. The smallest absolute Gasteiger partial charge is 0.399 e. The summed E-state index contributed by atoms with van der Waals surface area (Å²) >= 11 is 0. The van der Waals surface area contributed by atoms with Gasteiger partial charge in [-0.1, -0.05) is 0 Å². The molecule has 7 heteroatoms. The normalized spacial score (nSPS) is 15.2. The van der Waals surface area contributed by atoms with E-state index in [9.17, 15) is 8.76 Å². The van der Waals surface area contributed by atoms with Crippen molar-refractivity contribution in [2.45, 2.75) is 4.90 Å². The molecule has 0 spiro atoms. The lowest BCUT2D eigenvalue weighted by molar-refractivity contribution is -0.637. The van der Waals surface area contributed by atoms with Crippen LogP contribution in [-0.4, -0.2) is 0 Å². The van der Waals surface area contributed by atoms with E-state index in [-0.39, 0.29) is 10.6 Å². The van der Waals surface area contributed by atoms with Gasteiger partial charge < -0.3 is 11.5 Å². The third-order valence-electron chi connectivity index (χ3n) is 1.46. The minimum atomic E-state index is -3.87. The van der Waals surface area contributed by atoms with Gasteiger partial charge in [0.1, 0.15) is 0 Å². The standard InChI is InChI=1S/C6H10N3O3S/c7-4-1-2-5(8)6(3-4)13(10,11)12-9/h1-3H,7-8H2,9H3/q+2. The minimum absolute atomic E-state index is 0.0813. The summed E-state index contributed by atoms with van der Waals surface area (Å²) in [6, 6.07) is 4.11. The number of nitrogen functional groups attached to an aromatic ring is 2. The second-order valence-corrected chi connectivity index (χ2v) is 3.95. The van der Waals surface area contributed by atoms with Gasteiger partial charge in [-0.3, -0.25) is 0 Å². The first-order chi connectivity index (χ1) is 5.97. The molecule has 6 nitrogen and oxygen atoms in total. The van der Waals surface area contributed by atoms with Crippen LogP contribution in [0.1, 0.15) is 0 Å². The number of hydrogen-bond acceptors (Lipinski definition) is 4. The maximum absolute atomic E-state index is 11.2. The zero-order valence-corrected chi connectivity index (χ0v) is 7.54. The van der Waals surface area contributed by atoms with E-state index >= 15 is 0 Å². The van der Waals surface area contributed by atoms with Gasteiger partial charge in [-0.05, 0) is 16.3 Å². The average molecular weight is 204 g/mol. The molecule has 0 amide bonds. The van der Waals surface area contributed by atoms with Crippen LogP contribution in [0.2, 0.25) is 0 Å². The van der Waals surface area contributed by atoms with Crippen LogP contribution in [0.5, 0.6) is 0 Å². The van der Waals surface area contributed by atoms with Crippen LogP contribution in [0.25, 0.3) is 0 Å². The molecule has 0 bridgehead atoms. The summed E-state index contributed by atoms with van der Waals surface area (Å²) in [5.74, 6) is 2.82. The summed E-state index contributed by atoms with van der Waals surface area (Å²) in [7, 11) is -3.87. The highest BCUT2D eigenvalue weighted by atomic mass is 32.3. The molecule has 0 aliphatic heterocycles. The van der Waals surface area contributed by atoms with Crippen molar-refractivity contribution in [2.75, 3.05) is 11.5 Å². The van der Waals surface area contributed by atoms with Gasteiger partial charge in [0.25, 0.3) is 4.90 Å². The molecule has 0 fully saturated rings. The van der Waals surface area contributed by atoms with Gasteiger partial charge >= 0.3 is 10.5 Å². The Morgan fingerprint density at radius 1 is 1.38 bits per heavy atom. The number of quaternary nitrogens is 1. The highest BCUT2D eigenvalue weighted by Crippen LogP contribution is 2.25. The SMILES string of the molecule is Nc1ccc(N)c([S+]([O])(=O)O[NH3+])c1. The Labute approximate surface area is 76.1 Å². The van der Waals surface area contributed by atoms with E-state index < -0.39 is 10.5 Å². The van der Waals surface area contributed by atoms with Crippen LogP contribution in [-0.2, 0) is 23.5 Å². The third-order valence-corrected chi connectivity index (χ3v) is 2.66. The van der Waals surface area contributed by atoms with Crippen molar-refractivity contribution < 1.29 is 18.9 Å². The molecule has 1 rings (SSSR count).